The fraction of sp³-hybridized carbons (Fsp3) is 0.111. The summed E-state index contributed by atoms with van der Waals surface area (Å²) in [6, 6.07) is 10.6. The largest absolute Gasteiger partial charge is 0.623 e. The number of rotatable bonds is 2. The summed E-state index contributed by atoms with van der Waals surface area (Å²) in [5.41, 5.74) is 1.28. The van der Waals surface area contributed by atoms with Gasteiger partial charge in [-0.1, -0.05) is 23.7 Å². The Kier molecular flexibility index (Phi) is 4.05. The average Bonchev–Trinajstić information content (AvgIpc) is 2.96. The van der Waals surface area contributed by atoms with Gasteiger partial charge < -0.3 is 5.21 Å². The van der Waals surface area contributed by atoms with Gasteiger partial charge >= 0.3 is 0 Å². The van der Waals surface area contributed by atoms with E-state index in [1.807, 2.05) is 0 Å². The highest BCUT2D eigenvalue weighted by Gasteiger charge is 2.31. The van der Waals surface area contributed by atoms with E-state index in [4.69, 9.17) is 11.6 Å². The lowest BCUT2D eigenvalue weighted by molar-refractivity contribution is -0.474. The van der Waals surface area contributed by atoms with Gasteiger partial charge in [0.05, 0.1) is 23.0 Å². The standard InChI is InChI=1S/C18H13ClFN3O3S/c1-27(25,26)18-21-9-12-10-22(24)17(13-4-2-3-5-15(13)20)14-8-11(19)6-7-16(14)23(12)18/h2-9H,10H2,1H3. The van der Waals surface area contributed by atoms with Crippen molar-refractivity contribution in [2.45, 2.75) is 11.7 Å². The summed E-state index contributed by atoms with van der Waals surface area (Å²) in [6.07, 6.45) is 2.38. The maximum absolute atomic E-state index is 14.5. The summed E-state index contributed by atoms with van der Waals surface area (Å²) in [5, 5.41) is 13.1. The molecule has 0 saturated carbocycles. The van der Waals surface area contributed by atoms with Gasteiger partial charge in [-0.25, -0.2) is 17.8 Å². The molecule has 0 spiro atoms. The fourth-order valence-corrected chi connectivity index (χ4v) is 4.15. The lowest BCUT2D eigenvalue weighted by Crippen LogP contribution is -2.19. The van der Waals surface area contributed by atoms with E-state index in [9.17, 15) is 18.0 Å². The van der Waals surface area contributed by atoms with Crippen molar-refractivity contribution in [1.29, 1.82) is 0 Å². The molecule has 0 radical (unpaired) electrons. The van der Waals surface area contributed by atoms with Gasteiger partial charge in [0, 0.05) is 11.3 Å². The van der Waals surface area contributed by atoms with E-state index in [-0.39, 0.29) is 23.0 Å². The highest BCUT2D eigenvalue weighted by molar-refractivity contribution is 7.90. The van der Waals surface area contributed by atoms with E-state index in [0.29, 0.717) is 26.7 Å². The zero-order valence-corrected chi connectivity index (χ0v) is 15.6. The topological polar surface area (TPSA) is 78.0 Å². The Morgan fingerprint density at radius 2 is 1.96 bits per heavy atom. The van der Waals surface area contributed by atoms with Crippen LogP contribution in [0.4, 0.5) is 4.39 Å². The van der Waals surface area contributed by atoms with Gasteiger partial charge in [-0.3, -0.25) is 4.57 Å². The normalized spacial score (nSPS) is 13.9. The predicted octanol–water partition coefficient (Wildman–Crippen LogP) is 2.93. The molecule has 0 atom stereocenters. The van der Waals surface area contributed by atoms with E-state index in [1.165, 1.54) is 35.0 Å². The van der Waals surface area contributed by atoms with Crippen LogP contribution in [0.5, 0.6) is 0 Å². The first-order valence-electron chi connectivity index (χ1n) is 7.91. The molecule has 6 nitrogen and oxygen atoms in total. The Bertz CT molecular complexity index is 1220. The summed E-state index contributed by atoms with van der Waals surface area (Å²) in [5.74, 6) is -0.563. The van der Waals surface area contributed by atoms with Crippen molar-refractivity contribution in [3.05, 3.63) is 81.5 Å². The number of hydrogen-bond donors (Lipinski definition) is 0. The third-order valence-electron chi connectivity index (χ3n) is 4.27. The number of benzene rings is 2. The zero-order valence-electron chi connectivity index (χ0n) is 14.1. The summed E-state index contributed by atoms with van der Waals surface area (Å²) < 4.78 is 40.8. The minimum Gasteiger partial charge on any atom is -0.623 e. The Hall–Kier alpha value is -2.71. The molecule has 1 aliphatic rings. The van der Waals surface area contributed by atoms with Crippen LogP contribution in [0.25, 0.3) is 5.69 Å². The molecule has 27 heavy (non-hydrogen) atoms. The number of fused-ring (bicyclic) bond motifs is 3. The highest BCUT2D eigenvalue weighted by Crippen LogP contribution is 2.30. The Morgan fingerprint density at radius 1 is 1.22 bits per heavy atom. The van der Waals surface area contributed by atoms with Crippen molar-refractivity contribution < 1.29 is 17.5 Å². The van der Waals surface area contributed by atoms with Crippen molar-refractivity contribution in [3.8, 4) is 5.69 Å². The predicted molar refractivity (Wildman–Crippen MR) is 98.6 cm³/mol. The Morgan fingerprint density at radius 3 is 2.67 bits per heavy atom. The second-order valence-electron chi connectivity index (χ2n) is 6.17. The summed E-state index contributed by atoms with van der Waals surface area (Å²) >= 11 is 6.13. The molecule has 0 fully saturated rings. The molecule has 0 bridgehead atoms. The van der Waals surface area contributed by atoms with Gasteiger partial charge in [0.15, 0.2) is 6.54 Å². The number of hydrogen-bond acceptors (Lipinski definition) is 4. The van der Waals surface area contributed by atoms with Crippen LogP contribution in [-0.4, -0.2) is 34.7 Å². The molecule has 4 rings (SSSR count). The maximum Gasteiger partial charge on any atom is 0.232 e. The fourth-order valence-electron chi connectivity index (χ4n) is 3.19. The van der Waals surface area contributed by atoms with Gasteiger partial charge in [0.2, 0.25) is 20.7 Å². The molecule has 0 unspecified atom stereocenters. The zero-order chi connectivity index (χ0) is 19.3. The van der Waals surface area contributed by atoms with Gasteiger partial charge in [-0.05, 0) is 30.3 Å². The molecule has 138 valence electrons. The smallest absolute Gasteiger partial charge is 0.232 e. The van der Waals surface area contributed by atoms with Crippen LogP contribution in [-0.2, 0) is 16.4 Å². The second kappa shape index (κ2) is 6.17. The van der Waals surface area contributed by atoms with E-state index in [2.05, 4.69) is 4.98 Å². The summed E-state index contributed by atoms with van der Waals surface area (Å²) in [6.45, 7) is -0.196. The van der Waals surface area contributed by atoms with Crippen molar-refractivity contribution in [1.82, 2.24) is 9.55 Å². The van der Waals surface area contributed by atoms with Crippen LogP contribution in [0.2, 0.25) is 5.02 Å². The van der Waals surface area contributed by atoms with Crippen LogP contribution < -0.4 is 0 Å². The third-order valence-corrected chi connectivity index (χ3v) is 5.46. The van der Waals surface area contributed by atoms with Crippen molar-refractivity contribution in [2.75, 3.05) is 6.26 Å². The molecule has 2 heterocycles. The highest BCUT2D eigenvalue weighted by atomic mass is 35.5. The van der Waals surface area contributed by atoms with Gasteiger partial charge in [-0.2, -0.15) is 4.74 Å². The van der Waals surface area contributed by atoms with E-state index in [0.717, 1.165) is 6.26 Å². The minimum absolute atomic E-state index is 0.0775. The Balaban J connectivity index is 2.11. The van der Waals surface area contributed by atoms with E-state index in [1.54, 1.807) is 18.2 Å². The molecular weight excluding hydrogens is 393 g/mol. The lowest BCUT2D eigenvalue weighted by atomic mass is 10.00. The molecule has 3 aromatic rings. The van der Waals surface area contributed by atoms with E-state index < -0.39 is 15.7 Å². The van der Waals surface area contributed by atoms with Crippen molar-refractivity contribution >= 4 is 27.1 Å². The Labute approximate surface area is 159 Å². The molecular formula is C18H13ClFN3O3S. The molecule has 1 aromatic heterocycles. The average molecular weight is 406 g/mol. The number of imidazole rings is 1. The molecule has 0 aliphatic carbocycles. The first kappa shape index (κ1) is 17.7. The minimum atomic E-state index is -3.66. The van der Waals surface area contributed by atoms with Gasteiger partial charge in [-0.15, -0.1) is 0 Å². The summed E-state index contributed by atoms with van der Waals surface area (Å²) in [4.78, 5) is 3.97. The first-order valence-corrected chi connectivity index (χ1v) is 10.2. The van der Waals surface area contributed by atoms with Crippen LogP contribution in [0.1, 0.15) is 16.8 Å². The molecule has 0 N–H and O–H groups in total. The molecule has 0 amide bonds. The number of halogens is 2. The number of sulfone groups is 1. The van der Waals surface area contributed by atoms with Crippen LogP contribution in [0.15, 0.2) is 53.8 Å². The third kappa shape index (κ3) is 2.90. The SMILES string of the molecule is CS(=O)(=O)c1ncc2n1-c1ccc(Cl)cc1C(c1ccccc1F)=[N+]([O-])C2. The van der Waals surface area contributed by atoms with Crippen LogP contribution in [0.3, 0.4) is 0 Å². The number of nitrogens with zero attached hydrogens (tertiary/aromatic N) is 3. The lowest BCUT2D eigenvalue weighted by Gasteiger charge is -2.13. The van der Waals surface area contributed by atoms with Crippen molar-refractivity contribution in [3.63, 3.8) is 0 Å². The first-order chi connectivity index (χ1) is 12.8. The van der Waals surface area contributed by atoms with Gasteiger partial charge in [0.25, 0.3) is 0 Å². The molecule has 0 saturated heterocycles. The quantitative estimate of drug-likeness (QED) is 0.485. The van der Waals surface area contributed by atoms with Crippen LogP contribution >= 0.6 is 11.6 Å². The number of hydroxylamine groups is 1. The monoisotopic (exact) mass is 405 g/mol. The summed E-state index contributed by atoms with van der Waals surface area (Å²) in [7, 11) is -3.66. The van der Waals surface area contributed by atoms with Crippen LogP contribution in [0, 0.1) is 11.0 Å². The maximum atomic E-state index is 14.5. The van der Waals surface area contributed by atoms with E-state index >= 15 is 0 Å². The molecule has 9 heteroatoms. The molecule has 1 aliphatic heterocycles. The van der Waals surface area contributed by atoms with Crippen molar-refractivity contribution in [2.24, 2.45) is 0 Å². The molecule has 2 aromatic carbocycles. The van der Waals surface area contributed by atoms with Gasteiger partial charge in [0.1, 0.15) is 11.5 Å². The number of aromatic nitrogens is 2. The second-order valence-corrected chi connectivity index (χ2v) is 8.51.